The van der Waals surface area contributed by atoms with Crippen molar-refractivity contribution in [3.05, 3.63) is 54.9 Å². The number of hydrogen-bond acceptors (Lipinski definition) is 4. The van der Waals surface area contributed by atoms with Gasteiger partial charge in [0.15, 0.2) is 0 Å². The van der Waals surface area contributed by atoms with E-state index in [1.54, 1.807) is 41.6 Å². The summed E-state index contributed by atoms with van der Waals surface area (Å²) < 4.78 is 1.66. The molecule has 0 unspecified atom stereocenters. The SMILES string of the molecule is O=C(Nc1cn[nH]c1)c1cc(-n2cccn2)ccn1. The Bertz CT molecular complexity index is 674. The van der Waals surface area contributed by atoms with E-state index in [0.717, 1.165) is 5.69 Å². The number of hydrogen-bond donors (Lipinski definition) is 2. The summed E-state index contributed by atoms with van der Waals surface area (Å²) >= 11 is 0. The van der Waals surface area contributed by atoms with Gasteiger partial charge in [0.1, 0.15) is 5.69 Å². The van der Waals surface area contributed by atoms with Crippen LogP contribution < -0.4 is 5.32 Å². The Balaban J connectivity index is 1.85. The minimum absolute atomic E-state index is 0.296. The first-order valence-corrected chi connectivity index (χ1v) is 5.59. The number of anilines is 1. The molecular weight excluding hydrogens is 244 g/mol. The Morgan fingerprint density at radius 2 is 2.32 bits per heavy atom. The van der Waals surface area contributed by atoms with E-state index >= 15 is 0 Å². The van der Waals surface area contributed by atoms with E-state index in [4.69, 9.17) is 0 Å². The number of nitrogens with zero attached hydrogens (tertiary/aromatic N) is 4. The summed E-state index contributed by atoms with van der Waals surface area (Å²) in [7, 11) is 0. The summed E-state index contributed by atoms with van der Waals surface area (Å²) in [4.78, 5) is 16.0. The third-order valence-corrected chi connectivity index (χ3v) is 2.50. The van der Waals surface area contributed by atoms with Crippen molar-refractivity contribution in [3.8, 4) is 5.69 Å². The number of rotatable bonds is 3. The molecule has 0 saturated carbocycles. The van der Waals surface area contributed by atoms with Gasteiger partial charge in [0.05, 0.1) is 17.6 Å². The zero-order chi connectivity index (χ0) is 13.1. The van der Waals surface area contributed by atoms with Crippen molar-refractivity contribution >= 4 is 11.6 Å². The number of nitrogens with one attached hydrogen (secondary N) is 2. The largest absolute Gasteiger partial charge is 0.318 e. The van der Waals surface area contributed by atoms with E-state index < -0.39 is 0 Å². The highest BCUT2D eigenvalue weighted by Crippen LogP contribution is 2.09. The molecule has 0 atom stereocenters. The van der Waals surface area contributed by atoms with Crippen molar-refractivity contribution in [2.45, 2.75) is 0 Å². The van der Waals surface area contributed by atoms with Gasteiger partial charge < -0.3 is 5.32 Å². The topological polar surface area (TPSA) is 88.5 Å². The van der Waals surface area contributed by atoms with Gasteiger partial charge in [-0.05, 0) is 18.2 Å². The average Bonchev–Trinajstić information content (AvgIpc) is 3.12. The smallest absolute Gasteiger partial charge is 0.274 e. The Labute approximate surface area is 108 Å². The van der Waals surface area contributed by atoms with Gasteiger partial charge in [-0.3, -0.25) is 14.9 Å². The molecule has 0 aliphatic heterocycles. The molecule has 0 spiro atoms. The molecule has 1 amide bonds. The van der Waals surface area contributed by atoms with Crippen LogP contribution in [0.1, 0.15) is 10.5 Å². The van der Waals surface area contributed by atoms with Crippen LogP contribution in [0.15, 0.2) is 49.2 Å². The predicted molar refractivity (Wildman–Crippen MR) is 67.9 cm³/mol. The second kappa shape index (κ2) is 4.73. The summed E-state index contributed by atoms with van der Waals surface area (Å²) in [5.74, 6) is -0.296. The number of carbonyl (C=O) groups excluding carboxylic acids is 1. The summed E-state index contributed by atoms with van der Waals surface area (Å²) in [6.45, 7) is 0. The summed E-state index contributed by atoms with van der Waals surface area (Å²) in [6.07, 6.45) is 8.16. The zero-order valence-electron chi connectivity index (χ0n) is 9.82. The first-order chi connectivity index (χ1) is 9.33. The van der Waals surface area contributed by atoms with Gasteiger partial charge in [-0.2, -0.15) is 10.2 Å². The van der Waals surface area contributed by atoms with Crippen molar-refractivity contribution in [3.63, 3.8) is 0 Å². The number of amides is 1. The molecule has 19 heavy (non-hydrogen) atoms. The van der Waals surface area contributed by atoms with Gasteiger partial charge in [0, 0.05) is 24.8 Å². The summed E-state index contributed by atoms with van der Waals surface area (Å²) in [5, 5.41) is 13.2. The first-order valence-electron chi connectivity index (χ1n) is 5.59. The number of carbonyl (C=O) groups is 1. The van der Waals surface area contributed by atoms with E-state index in [0.29, 0.717) is 11.4 Å². The molecule has 7 heteroatoms. The third kappa shape index (κ3) is 2.34. The first kappa shape index (κ1) is 11.1. The lowest BCUT2D eigenvalue weighted by Gasteiger charge is -2.04. The molecular formula is C12H10N6O. The van der Waals surface area contributed by atoms with Crippen LogP contribution in [0.25, 0.3) is 5.69 Å². The molecule has 3 rings (SSSR count). The zero-order valence-corrected chi connectivity index (χ0v) is 9.82. The maximum absolute atomic E-state index is 12.0. The third-order valence-electron chi connectivity index (χ3n) is 2.50. The van der Waals surface area contributed by atoms with Crippen molar-refractivity contribution in [2.75, 3.05) is 5.32 Å². The van der Waals surface area contributed by atoms with Crippen LogP contribution in [0.3, 0.4) is 0 Å². The number of pyridine rings is 1. The monoisotopic (exact) mass is 254 g/mol. The van der Waals surface area contributed by atoms with Gasteiger partial charge in [-0.1, -0.05) is 0 Å². The van der Waals surface area contributed by atoms with Crippen molar-refractivity contribution in [1.29, 1.82) is 0 Å². The van der Waals surface area contributed by atoms with Crippen LogP contribution in [0.4, 0.5) is 5.69 Å². The minimum atomic E-state index is -0.296. The average molecular weight is 254 g/mol. The lowest BCUT2D eigenvalue weighted by Crippen LogP contribution is -2.13. The summed E-state index contributed by atoms with van der Waals surface area (Å²) in [5.41, 5.74) is 1.68. The van der Waals surface area contributed by atoms with Gasteiger partial charge in [-0.25, -0.2) is 4.68 Å². The van der Waals surface area contributed by atoms with E-state index in [9.17, 15) is 4.79 Å². The molecule has 3 heterocycles. The number of aromatic nitrogens is 5. The molecule has 0 saturated heterocycles. The van der Waals surface area contributed by atoms with Crippen molar-refractivity contribution < 1.29 is 4.79 Å². The Hall–Kier alpha value is -2.96. The fourth-order valence-electron chi connectivity index (χ4n) is 1.62. The normalized spacial score (nSPS) is 10.3. The maximum atomic E-state index is 12.0. The van der Waals surface area contributed by atoms with Crippen LogP contribution in [-0.4, -0.2) is 30.9 Å². The van der Waals surface area contributed by atoms with Crippen LogP contribution in [0.2, 0.25) is 0 Å². The Morgan fingerprint density at radius 1 is 1.37 bits per heavy atom. The molecule has 0 aliphatic rings. The highest BCUT2D eigenvalue weighted by molar-refractivity contribution is 6.02. The van der Waals surface area contributed by atoms with Crippen molar-refractivity contribution in [1.82, 2.24) is 25.0 Å². The van der Waals surface area contributed by atoms with Gasteiger partial charge in [0.2, 0.25) is 0 Å². The lowest BCUT2D eigenvalue weighted by molar-refractivity contribution is 0.102. The van der Waals surface area contributed by atoms with Crippen molar-refractivity contribution in [2.24, 2.45) is 0 Å². The highest BCUT2D eigenvalue weighted by atomic mass is 16.1. The van der Waals surface area contributed by atoms with Crippen LogP contribution in [-0.2, 0) is 0 Å². The lowest BCUT2D eigenvalue weighted by atomic mass is 10.3. The molecule has 94 valence electrons. The van der Waals surface area contributed by atoms with Crippen LogP contribution in [0, 0.1) is 0 Å². The summed E-state index contributed by atoms with van der Waals surface area (Å²) in [6, 6.07) is 5.26. The Kier molecular flexibility index (Phi) is 2.77. The van der Waals surface area contributed by atoms with E-state index in [2.05, 4.69) is 25.6 Å². The molecule has 2 N–H and O–H groups in total. The van der Waals surface area contributed by atoms with E-state index in [-0.39, 0.29) is 5.91 Å². The number of H-pyrrole nitrogens is 1. The van der Waals surface area contributed by atoms with Crippen LogP contribution in [0.5, 0.6) is 0 Å². The molecule has 0 bridgehead atoms. The van der Waals surface area contributed by atoms with Gasteiger partial charge in [-0.15, -0.1) is 0 Å². The molecule has 0 aromatic carbocycles. The maximum Gasteiger partial charge on any atom is 0.274 e. The molecule has 3 aromatic heterocycles. The predicted octanol–water partition coefficient (Wildman–Crippen LogP) is 1.24. The molecule has 0 aliphatic carbocycles. The van der Waals surface area contributed by atoms with Gasteiger partial charge >= 0.3 is 0 Å². The molecule has 0 fully saturated rings. The fraction of sp³-hybridized carbons (Fsp3) is 0. The van der Waals surface area contributed by atoms with Gasteiger partial charge in [0.25, 0.3) is 5.91 Å². The minimum Gasteiger partial charge on any atom is -0.318 e. The standard InChI is InChI=1S/C12H10N6O/c19-12(17-9-7-14-15-8-9)11-6-10(2-4-13-11)18-5-1-3-16-18/h1-8H,(H,14,15)(H,17,19). The van der Waals surface area contributed by atoms with E-state index in [1.807, 2.05) is 6.07 Å². The second-order valence-electron chi connectivity index (χ2n) is 3.79. The van der Waals surface area contributed by atoms with E-state index in [1.165, 1.54) is 6.20 Å². The highest BCUT2D eigenvalue weighted by Gasteiger charge is 2.09. The quantitative estimate of drug-likeness (QED) is 0.736. The Morgan fingerprint density at radius 3 is 3.05 bits per heavy atom. The molecule has 7 nitrogen and oxygen atoms in total. The molecule has 3 aromatic rings. The second-order valence-corrected chi connectivity index (χ2v) is 3.79. The fourth-order valence-corrected chi connectivity index (χ4v) is 1.62. The molecule has 0 radical (unpaired) electrons. The number of aromatic amines is 1. The van der Waals surface area contributed by atoms with Crippen LogP contribution >= 0.6 is 0 Å².